The Kier molecular flexibility index (Phi) is 6.58. The van der Waals surface area contributed by atoms with E-state index in [1.807, 2.05) is 85.1 Å². The van der Waals surface area contributed by atoms with Crippen LogP contribution in [0.1, 0.15) is 16.8 Å². The number of aromatic amines is 1. The van der Waals surface area contributed by atoms with E-state index in [0.717, 1.165) is 33.5 Å². The van der Waals surface area contributed by atoms with Gasteiger partial charge in [-0.2, -0.15) is 0 Å². The number of ether oxygens (including phenoxy) is 1. The van der Waals surface area contributed by atoms with Gasteiger partial charge in [0.2, 0.25) is 0 Å². The lowest BCUT2D eigenvalue weighted by molar-refractivity contribution is 0.301. The maximum Gasteiger partial charge on any atom is 0.130 e. The molecule has 0 spiro atoms. The van der Waals surface area contributed by atoms with Gasteiger partial charge >= 0.3 is 0 Å². The minimum absolute atomic E-state index is 0.321. The highest BCUT2D eigenvalue weighted by Gasteiger charge is 1.99. The second-order valence-electron chi connectivity index (χ2n) is 7.23. The number of allylic oxidation sites excluding steroid dienone is 3. The van der Waals surface area contributed by atoms with Crippen molar-refractivity contribution in [3.05, 3.63) is 120 Å². The maximum atomic E-state index is 8.14. The molecule has 32 heavy (non-hydrogen) atoms. The van der Waals surface area contributed by atoms with E-state index in [-0.39, 0.29) is 0 Å². The summed E-state index contributed by atoms with van der Waals surface area (Å²) in [4.78, 5) is 7.48. The number of nitrogens with zero attached hydrogens (tertiary/aromatic N) is 1. The molecular weight excluding hydrogens is 396 g/mol. The molecule has 4 rings (SSSR count). The number of hydrogen-bond acceptors (Lipinski definition) is 4. The Bertz CT molecular complexity index is 1280. The highest BCUT2D eigenvalue weighted by molar-refractivity contribution is 6.04. The molecule has 0 aliphatic carbocycles. The summed E-state index contributed by atoms with van der Waals surface area (Å²) in [7, 11) is 0. The number of pyridine rings is 1. The van der Waals surface area contributed by atoms with Gasteiger partial charge < -0.3 is 20.9 Å². The van der Waals surface area contributed by atoms with E-state index in [1.165, 1.54) is 0 Å². The second kappa shape index (κ2) is 10.1. The Morgan fingerprint density at radius 3 is 2.59 bits per heavy atom. The number of hydrogen-bond donors (Lipinski definition) is 3. The van der Waals surface area contributed by atoms with Gasteiger partial charge in [0, 0.05) is 29.0 Å². The van der Waals surface area contributed by atoms with Gasteiger partial charge in [0.05, 0.1) is 11.4 Å². The van der Waals surface area contributed by atoms with Gasteiger partial charge in [-0.25, -0.2) is 0 Å². The zero-order chi connectivity index (χ0) is 22.2. The molecule has 0 saturated carbocycles. The largest absolute Gasteiger partial charge is 0.487 e. The van der Waals surface area contributed by atoms with Gasteiger partial charge in [-0.15, -0.1) is 0 Å². The highest BCUT2D eigenvalue weighted by atomic mass is 16.5. The minimum Gasteiger partial charge on any atom is -0.487 e. The Hall–Kier alpha value is -4.38. The van der Waals surface area contributed by atoms with E-state index in [1.54, 1.807) is 18.3 Å². The summed E-state index contributed by atoms with van der Waals surface area (Å²) in [6, 6.07) is 21.5. The summed E-state index contributed by atoms with van der Waals surface area (Å²) in [6.45, 7) is 0.427. The van der Waals surface area contributed by atoms with Crippen LogP contribution in [0.5, 0.6) is 5.75 Å². The van der Waals surface area contributed by atoms with Crippen LogP contribution in [0.15, 0.2) is 103 Å². The molecule has 0 saturated heterocycles. The van der Waals surface area contributed by atoms with Crippen LogP contribution in [-0.2, 0) is 6.61 Å². The van der Waals surface area contributed by atoms with Crippen molar-refractivity contribution in [3.8, 4) is 5.75 Å². The molecule has 0 amide bonds. The Morgan fingerprint density at radius 2 is 1.78 bits per heavy atom. The molecule has 2 aromatic heterocycles. The molecule has 0 atom stereocenters. The zero-order valence-electron chi connectivity index (χ0n) is 17.5. The minimum atomic E-state index is 0.321. The summed E-state index contributed by atoms with van der Waals surface area (Å²) >= 11 is 0. The summed E-state index contributed by atoms with van der Waals surface area (Å²) in [5.74, 6) is 0.773. The van der Waals surface area contributed by atoms with E-state index in [0.29, 0.717) is 18.0 Å². The Morgan fingerprint density at radius 1 is 0.969 bits per heavy atom. The predicted octanol–water partition coefficient (Wildman–Crippen LogP) is 5.73. The van der Waals surface area contributed by atoms with Crippen molar-refractivity contribution < 1.29 is 4.74 Å². The first-order valence-electron chi connectivity index (χ1n) is 10.3. The first-order valence-corrected chi connectivity index (χ1v) is 10.3. The average molecular weight is 421 g/mol. The summed E-state index contributed by atoms with van der Waals surface area (Å²) < 4.78 is 5.74. The number of rotatable bonds is 8. The normalized spacial score (nSPS) is 12.1. The quantitative estimate of drug-likeness (QED) is 0.251. The second-order valence-corrected chi connectivity index (χ2v) is 7.23. The molecular formula is C27H24N4O. The molecule has 4 N–H and O–H groups in total. The highest BCUT2D eigenvalue weighted by Crippen LogP contribution is 2.19. The lowest BCUT2D eigenvalue weighted by Crippen LogP contribution is -1.97. The lowest BCUT2D eigenvalue weighted by atomic mass is 10.1. The fourth-order valence-electron chi connectivity index (χ4n) is 3.20. The van der Waals surface area contributed by atoms with Gasteiger partial charge in [-0.05, 0) is 59.7 Å². The molecule has 0 aliphatic heterocycles. The molecule has 5 nitrogen and oxygen atoms in total. The third-order valence-corrected chi connectivity index (χ3v) is 4.85. The zero-order valence-corrected chi connectivity index (χ0v) is 17.5. The van der Waals surface area contributed by atoms with Crippen molar-refractivity contribution >= 4 is 28.8 Å². The van der Waals surface area contributed by atoms with E-state index in [9.17, 15) is 0 Å². The van der Waals surface area contributed by atoms with Crippen LogP contribution in [-0.4, -0.2) is 15.7 Å². The molecule has 4 aromatic rings. The van der Waals surface area contributed by atoms with Gasteiger partial charge in [0.15, 0.2) is 0 Å². The smallest absolute Gasteiger partial charge is 0.130 e. The fraction of sp³-hybridized carbons (Fsp3) is 0.0370. The van der Waals surface area contributed by atoms with Crippen molar-refractivity contribution in [2.24, 2.45) is 5.73 Å². The molecule has 0 aliphatic rings. The molecule has 0 unspecified atom stereocenters. The summed E-state index contributed by atoms with van der Waals surface area (Å²) in [6.07, 6.45) is 12.7. The lowest BCUT2D eigenvalue weighted by Gasteiger charge is -2.05. The number of fused-ring (bicyclic) bond motifs is 1. The monoisotopic (exact) mass is 420 g/mol. The van der Waals surface area contributed by atoms with Crippen LogP contribution >= 0.6 is 0 Å². The van der Waals surface area contributed by atoms with E-state index >= 15 is 0 Å². The predicted molar refractivity (Wildman–Crippen MR) is 131 cm³/mol. The van der Waals surface area contributed by atoms with Gasteiger partial charge in [-0.3, -0.25) is 4.98 Å². The number of nitrogens with one attached hydrogen (secondary N) is 2. The van der Waals surface area contributed by atoms with Crippen LogP contribution in [0.25, 0.3) is 23.1 Å². The first-order chi connectivity index (χ1) is 15.7. The van der Waals surface area contributed by atoms with E-state index < -0.39 is 0 Å². The van der Waals surface area contributed by atoms with E-state index in [2.05, 4.69) is 16.0 Å². The van der Waals surface area contributed by atoms with Gasteiger partial charge in [-0.1, -0.05) is 48.6 Å². The fourth-order valence-corrected chi connectivity index (χ4v) is 3.20. The molecule has 2 heterocycles. The molecule has 158 valence electrons. The average Bonchev–Trinajstić information content (AvgIpc) is 3.24. The number of para-hydroxylation sites is 1. The van der Waals surface area contributed by atoms with Crippen LogP contribution < -0.4 is 10.5 Å². The van der Waals surface area contributed by atoms with Crippen molar-refractivity contribution in [2.45, 2.75) is 6.61 Å². The Labute approximate surface area is 187 Å². The van der Waals surface area contributed by atoms with Crippen molar-refractivity contribution in [1.29, 1.82) is 5.41 Å². The first kappa shape index (κ1) is 20.9. The van der Waals surface area contributed by atoms with Gasteiger partial charge in [0.1, 0.15) is 12.4 Å². The van der Waals surface area contributed by atoms with Gasteiger partial charge in [0.25, 0.3) is 0 Å². The third kappa shape index (κ3) is 5.61. The number of H-pyrrole nitrogens is 1. The topological polar surface area (TPSA) is 87.8 Å². The van der Waals surface area contributed by atoms with Crippen LogP contribution in [0.2, 0.25) is 0 Å². The van der Waals surface area contributed by atoms with Crippen LogP contribution in [0, 0.1) is 5.41 Å². The molecule has 0 radical (unpaired) electrons. The molecule has 0 fully saturated rings. The third-order valence-electron chi connectivity index (χ3n) is 4.85. The number of aromatic nitrogens is 2. The van der Waals surface area contributed by atoms with Crippen molar-refractivity contribution in [1.82, 2.24) is 9.97 Å². The molecule has 5 heteroatoms. The van der Waals surface area contributed by atoms with Crippen LogP contribution in [0.3, 0.4) is 0 Å². The molecule has 0 bridgehead atoms. The molecule has 2 aromatic carbocycles. The Balaban J connectivity index is 1.32. The number of nitrogens with two attached hydrogens (primary N) is 1. The summed E-state index contributed by atoms with van der Waals surface area (Å²) in [5, 5.41) is 9.28. The SMILES string of the molecule is N=C(/C=C(N)/C=C/c1c[nH]c2ccccc12)/C=C/c1ccc(OCc2ccccn2)cc1. The van der Waals surface area contributed by atoms with Crippen molar-refractivity contribution in [2.75, 3.05) is 0 Å². The van der Waals surface area contributed by atoms with Crippen molar-refractivity contribution in [3.63, 3.8) is 0 Å². The summed E-state index contributed by atoms with van der Waals surface area (Å²) in [5.41, 5.74) is 10.9. The van der Waals surface area contributed by atoms with E-state index in [4.69, 9.17) is 15.9 Å². The maximum absolute atomic E-state index is 8.14. The van der Waals surface area contributed by atoms with Crippen LogP contribution in [0.4, 0.5) is 0 Å². The number of benzene rings is 2. The standard InChI is InChI=1S/C27H24N4O/c28-22(17-23(29)13-11-21-18-31-27-7-2-1-6-26(21)27)12-8-20-9-14-25(15-10-20)32-19-24-5-3-4-16-30-24/h1-18,28,31H,19,29H2/b12-8+,13-11+,23-17-,28-22?.